The molecule has 0 spiro atoms. The third-order valence-corrected chi connectivity index (χ3v) is 6.75. The molecule has 1 aliphatic carbocycles. The van der Waals surface area contributed by atoms with Crippen molar-refractivity contribution in [2.24, 2.45) is 5.92 Å². The Labute approximate surface area is 190 Å². The van der Waals surface area contributed by atoms with Crippen molar-refractivity contribution in [3.8, 4) is 22.8 Å². The van der Waals surface area contributed by atoms with Crippen LogP contribution in [0.5, 0.6) is 11.6 Å². The molecule has 2 atom stereocenters. The number of anilines is 1. The Morgan fingerprint density at radius 3 is 2.56 bits per heavy atom. The highest BCUT2D eigenvalue weighted by Crippen LogP contribution is 2.33. The van der Waals surface area contributed by atoms with Crippen LogP contribution in [-0.4, -0.2) is 54.5 Å². The van der Waals surface area contributed by atoms with Gasteiger partial charge in [-0.15, -0.1) is 0 Å². The Balaban J connectivity index is 1.33. The summed E-state index contributed by atoms with van der Waals surface area (Å²) in [5, 5.41) is 6.87. The third kappa shape index (κ3) is 5.33. The van der Waals surface area contributed by atoms with Gasteiger partial charge in [0.1, 0.15) is 18.0 Å². The van der Waals surface area contributed by atoms with E-state index in [2.05, 4.69) is 34.7 Å². The Morgan fingerprint density at radius 1 is 1.00 bits per heavy atom. The van der Waals surface area contributed by atoms with Gasteiger partial charge in [-0.1, -0.05) is 19.1 Å². The molecule has 2 N–H and O–H groups in total. The SMILES string of the molecule is CC1CCC(Nc2ncc(-c3ccc(OC4CCNC4)cc3)c(OC3CCOC3)n2)CC1. The van der Waals surface area contributed by atoms with E-state index < -0.39 is 0 Å². The zero-order valence-electron chi connectivity index (χ0n) is 18.9. The standard InChI is InChI=1S/C25H34N4O3/c1-17-2-6-19(7-3-17)28-25-27-15-23(24(29-25)32-22-11-13-30-16-22)18-4-8-20(9-5-18)31-21-10-12-26-14-21/h4-5,8-9,15,17,19,21-22,26H,2-3,6-7,10-14,16H2,1H3,(H,27,28,29). The van der Waals surface area contributed by atoms with Crippen LogP contribution in [-0.2, 0) is 4.74 Å². The minimum absolute atomic E-state index is 0.0319. The molecule has 172 valence electrons. The van der Waals surface area contributed by atoms with E-state index in [4.69, 9.17) is 19.2 Å². The van der Waals surface area contributed by atoms with Crippen molar-refractivity contribution in [1.29, 1.82) is 0 Å². The van der Waals surface area contributed by atoms with Gasteiger partial charge < -0.3 is 24.8 Å². The Hall–Kier alpha value is -2.38. The maximum atomic E-state index is 6.29. The first-order chi connectivity index (χ1) is 15.7. The molecule has 3 heterocycles. The van der Waals surface area contributed by atoms with Gasteiger partial charge in [-0.25, -0.2) is 4.98 Å². The normalized spacial score (nSPS) is 27.9. The van der Waals surface area contributed by atoms with Crippen LogP contribution >= 0.6 is 0 Å². The van der Waals surface area contributed by atoms with Crippen LogP contribution < -0.4 is 20.1 Å². The van der Waals surface area contributed by atoms with Crippen molar-refractivity contribution < 1.29 is 14.2 Å². The van der Waals surface area contributed by atoms with Gasteiger partial charge in [-0.05, 0) is 62.3 Å². The van der Waals surface area contributed by atoms with E-state index in [-0.39, 0.29) is 12.2 Å². The van der Waals surface area contributed by atoms with Crippen LogP contribution in [0.4, 0.5) is 5.95 Å². The molecular weight excluding hydrogens is 404 g/mol. The average Bonchev–Trinajstić information content (AvgIpc) is 3.51. The Morgan fingerprint density at radius 2 is 1.84 bits per heavy atom. The smallest absolute Gasteiger partial charge is 0.226 e. The van der Waals surface area contributed by atoms with Crippen LogP contribution in [0.1, 0.15) is 45.4 Å². The molecule has 7 heteroatoms. The lowest BCUT2D eigenvalue weighted by Crippen LogP contribution is -2.26. The lowest BCUT2D eigenvalue weighted by molar-refractivity contribution is 0.138. The minimum Gasteiger partial charge on any atom is -0.489 e. The summed E-state index contributed by atoms with van der Waals surface area (Å²) in [4.78, 5) is 9.43. The summed E-state index contributed by atoms with van der Waals surface area (Å²) in [6.07, 6.45) is 8.92. The minimum atomic E-state index is 0.0319. The predicted molar refractivity (Wildman–Crippen MR) is 124 cm³/mol. The number of ether oxygens (including phenoxy) is 3. The number of nitrogens with zero attached hydrogens (tertiary/aromatic N) is 2. The summed E-state index contributed by atoms with van der Waals surface area (Å²) in [5.41, 5.74) is 1.92. The topological polar surface area (TPSA) is 77.5 Å². The van der Waals surface area contributed by atoms with E-state index in [1.165, 1.54) is 12.8 Å². The molecule has 3 fully saturated rings. The molecule has 32 heavy (non-hydrogen) atoms. The van der Waals surface area contributed by atoms with E-state index in [9.17, 15) is 0 Å². The molecule has 2 aliphatic heterocycles. The maximum absolute atomic E-state index is 6.29. The quantitative estimate of drug-likeness (QED) is 0.675. The number of benzene rings is 1. The van der Waals surface area contributed by atoms with Crippen molar-refractivity contribution in [2.75, 3.05) is 31.6 Å². The number of nitrogens with one attached hydrogen (secondary N) is 2. The van der Waals surface area contributed by atoms with Crippen molar-refractivity contribution in [1.82, 2.24) is 15.3 Å². The second-order valence-electron chi connectivity index (χ2n) is 9.37. The van der Waals surface area contributed by atoms with Crippen LogP contribution in [0.15, 0.2) is 30.5 Å². The molecule has 1 saturated carbocycles. The summed E-state index contributed by atoms with van der Waals surface area (Å²) in [5.74, 6) is 2.97. The van der Waals surface area contributed by atoms with E-state index in [1.54, 1.807) is 0 Å². The molecule has 0 radical (unpaired) electrons. The summed E-state index contributed by atoms with van der Waals surface area (Å²) < 4.78 is 17.9. The maximum Gasteiger partial charge on any atom is 0.226 e. The van der Waals surface area contributed by atoms with E-state index in [0.717, 1.165) is 68.2 Å². The largest absolute Gasteiger partial charge is 0.489 e. The van der Waals surface area contributed by atoms with E-state index in [1.807, 2.05) is 18.3 Å². The lowest BCUT2D eigenvalue weighted by atomic mass is 9.87. The van der Waals surface area contributed by atoms with Gasteiger partial charge in [0, 0.05) is 25.2 Å². The van der Waals surface area contributed by atoms with E-state index in [0.29, 0.717) is 24.5 Å². The van der Waals surface area contributed by atoms with Gasteiger partial charge in [0.25, 0.3) is 0 Å². The number of hydrogen-bond acceptors (Lipinski definition) is 7. The number of hydrogen-bond donors (Lipinski definition) is 2. The van der Waals surface area contributed by atoms with Crippen LogP contribution in [0, 0.1) is 5.92 Å². The second-order valence-corrected chi connectivity index (χ2v) is 9.37. The summed E-state index contributed by atoms with van der Waals surface area (Å²) in [6.45, 7) is 5.60. The highest BCUT2D eigenvalue weighted by Gasteiger charge is 2.23. The van der Waals surface area contributed by atoms with Gasteiger partial charge in [0.15, 0.2) is 0 Å². The molecule has 2 aromatic rings. The van der Waals surface area contributed by atoms with E-state index >= 15 is 0 Å². The Bertz CT molecular complexity index is 871. The molecule has 1 aromatic heterocycles. The first-order valence-electron chi connectivity index (χ1n) is 12.1. The van der Waals surface area contributed by atoms with Crippen LogP contribution in [0.2, 0.25) is 0 Å². The van der Waals surface area contributed by atoms with Crippen molar-refractivity contribution >= 4 is 5.95 Å². The van der Waals surface area contributed by atoms with Crippen LogP contribution in [0.25, 0.3) is 11.1 Å². The van der Waals surface area contributed by atoms with Gasteiger partial charge in [-0.2, -0.15) is 4.98 Å². The molecule has 1 aromatic carbocycles. The fourth-order valence-corrected chi connectivity index (χ4v) is 4.71. The van der Waals surface area contributed by atoms with Gasteiger partial charge in [0.05, 0.1) is 18.8 Å². The first-order valence-corrected chi connectivity index (χ1v) is 12.1. The molecule has 2 unspecified atom stereocenters. The van der Waals surface area contributed by atoms with Gasteiger partial charge >= 0.3 is 0 Å². The zero-order valence-corrected chi connectivity index (χ0v) is 18.9. The lowest BCUT2D eigenvalue weighted by Gasteiger charge is -2.27. The van der Waals surface area contributed by atoms with Crippen molar-refractivity contribution in [3.05, 3.63) is 30.5 Å². The summed E-state index contributed by atoms with van der Waals surface area (Å²) in [7, 11) is 0. The first kappa shape index (κ1) is 21.5. The number of rotatable bonds is 7. The highest BCUT2D eigenvalue weighted by atomic mass is 16.5. The fourth-order valence-electron chi connectivity index (χ4n) is 4.71. The zero-order chi connectivity index (χ0) is 21.8. The summed E-state index contributed by atoms with van der Waals surface area (Å²) in [6, 6.07) is 8.59. The summed E-state index contributed by atoms with van der Waals surface area (Å²) >= 11 is 0. The average molecular weight is 439 g/mol. The molecule has 7 nitrogen and oxygen atoms in total. The molecule has 5 rings (SSSR count). The molecule has 0 amide bonds. The van der Waals surface area contributed by atoms with Gasteiger partial charge in [-0.3, -0.25) is 0 Å². The van der Waals surface area contributed by atoms with Crippen LogP contribution in [0.3, 0.4) is 0 Å². The van der Waals surface area contributed by atoms with Gasteiger partial charge in [0.2, 0.25) is 11.8 Å². The Kier molecular flexibility index (Phi) is 6.74. The number of aromatic nitrogens is 2. The highest BCUT2D eigenvalue weighted by molar-refractivity contribution is 5.69. The van der Waals surface area contributed by atoms with Crippen molar-refractivity contribution in [2.45, 2.75) is 63.7 Å². The van der Waals surface area contributed by atoms with Crippen molar-refractivity contribution in [3.63, 3.8) is 0 Å². The third-order valence-electron chi connectivity index (χ3n) is 6.75. The molecule has 2 saturated heterocycles. The fraction of sp³-hybridized carbons (Fsp3) is 0.600. The predicted octanol–water partition coefficient (Wildman–Crippen LogP) is 4.04. The molecule has 3 aliphatic rings. The monoisotopic (exact) mass is 438 g/mol. The molecule has 0 bridgehead atoms. The second kappa shape index (κ2) is 10.0. The molecular formula is C25H34N4O3.